The van der Waals surface area contributed by atoms with Crippen LogP contribution in [0.4, 0.5) is 28.9 Å². The molecule has 1 aliphatic rings. The first kappa shape index (κ1) is 27.3. The number of nitrogens with one attached hydrogen (secondary N) is 2. The number of amides is 1. The molecule has 1 saturated heterocycles. The number of rotatable bonds is 6. The summed E-state index contributed by atoms with van der Waals surface area (Å²) in [6.07, 6.45) is -4.15. The summed E-state index contributed by atoms with van der Waals surface area (Å²) in [4.78, 5) is 32.9. The van der Waals surface area contributed by atoms with Crippen molar-refractivity contribution in [1.29, 1.82) is 0 Å². The van der Waals surface area contributed by atoms with Crippen molar-refractivity contribution in [3.8, 4) is 11.1 Å². The Bertz CT molecular complexity index is 1380. The van der Waals surface area contributed by atoms with Crippen LogP contribution in [-0.2, 0) is 12.7 Å². The summed E-state index contributed by atoms with van der Waals surface area (Å²) >= 11 is 0. The lowest BCUT2D eigenvalue weighted by Crippen LogP contribution is -2.44. The number of anilines is 2. The van der Waals surface area contributed by atoms with Gasteiger partial charge in [-0.2, -0.15) is 13.2 Å². The first-order valence-electron chi connectivity index (χ1n) is 12.0. The van der Waals surface area contributed by atoms with Gasteiger partial charge in [0.2, 0.25) is 5.56 Å². The second kappa shape index (κ2) is 11.0. The summed E-state index contributed by atoms with van der Waals surface area (Å²) in [5, 5.41) is 2.60. The molecule has 4 rings (SSSR count). The Hall–Kier alpha value is -3.70. The highest BCUT2D eigenvalue weighted by molar-refractivity contribution is 6.07. The lowest BCUT2D eigenvalue weighted by molar-refractivity contribution is -0.138. The molecule has 1 fully saturated rings. The van der Waals surface area contributed by atoms with Gasteiger partial charge in [-0.15, -0.1) is 0 Å². The van der Waals surface area contributed by atoms with Crippen molar-refractivity contribution in [1.82, 2.24) is 14.8 Å². The van der Waals surface area contributed by atoms with Gasteiger partial charge in [-0.05, 0) is 56.5 Å². The van der Waals surface area contributed by atoms with E-state index in [0.29, 0.717) is 42.5 Å². The molecule has 202 valence electrons. The fourth-order valence-corrected chi connectivity index (χ4v) is 4.47. The lowest BCUT2D eigenvalue weighted by atomic mass is 10.00. The highest BCUT2D eigenvalue weighted by Gasteiger charge is 2.36. The molecule has 38 heavy (non-hydrogen) atoms. The number of piperazine rings is 1. The fourth-order valence-electron chi connectivity index (χ4n) is 4.47. The first-order chi connectivity index (χ1) is 17.9. The molecular formula is C27H29F4N5O2. The predicted octanol–water partition coefficient (Wildman–Crippen LogP) is 4.27. The Labute approximate surface area is 217 Å². The number of nitrogens with zero attached hydrogens (tertiary/aromatic N) is 3. The molecule has 2 heterocycles. The molecule has 0 bridgehead atoms. The molecule has 11 heteroatoms. The Morgan fingerprint density at radius 2 is 1.76 bits per heavy atom. The van der Waals surface area contributed by atoms with Crippen molar-refractivity contribution in [3.63, 3.8) is 0 Å². The van der Waals surface area contributed by atoms with Gasteiger partial charge < -0.3 is 25.0 Å². The molecule has 7 nitrogen and oxygen atoms in total. The van der Waals surface area contributed by atoms with Crippen molar-refractivity contribution in [2.24, 2.45) is 0 Å². The van der Waals surface area contributed by atoms with E-state index in [-0.39, 0.29) is 5.69 Å². The van der Waals surface area contributed by atoms with E-state index in [9.17, 15) is 27.2 Å². The van der Waals surface area contributed by atoms with E-state index in [4.69, 9.17) is 0 Å². The van der Waals surface area contributed by atoms with Gasteiger partial charge in [-0.1, -0.05) is 12.1 Å². The van der Waals surface area contributed by atoms with Crippen molar-refractivity contribution in [2.45, 2.75) is 12.7 Å². The second-order valence-corrected chi connectivity index (χ2v) is 9.65. The minimum Gasteiger partial charge on any atom is -0.367 e. The Kier molecular flexibility index (Phi) is 7.89. The number of hydrogen-bond acceptors (Lipinski definition) is 5. The smallest absolute Gasteiger partial charge is 0.367 e. The van der Waals surface area contributed by atoms with Crippen LogP contribution in [0.1, 0.15) is 21.5 Å². The van der Waals surface area contributed by atoms with E-state index < -0.39 is 34.6 Å². The molecule has 3 aromatic rings. The number of pyridine rings is 1. The molecular weight excluding hydrogens is 502 g/mol. The van der Waals surface area contributed by atoms with Crippen LogP contribution in [-0.4, -0.2) is 68.0 Å². The molecule has 2 N–H and O–H groups in total. The Morgan fingerprint density at radius 1 is 1.05 bits per heavy atom. The minimum absolute atomic E-state index is 0.244. The van der Waals surface area contributed by atoms with Gasteiger partial charge in [0.1, 0.15) is 5.82 Å². The number of carbonyl (C=O) groups excluding carboxylic acids is 1. The predicted molar refractivity (Wildman–Crippen MR) is 139 cm³/mol. The zero-order valence-electron chi connectivity index (χ0n) is 21.3. The van der Waals surface area contributed by atoms with E-state index in [2.05, 4.69) is 15.2 Å². The van der Waals surface area contributed by atoms with Gasteiger partial charge in [0.05, 0.1) is 22.5 Å². The number of H-pyrrole nitrogens is 1. The van der Waals surface area contributed by atoms with Gasteiger partial charge in [0.25, 0.3) is 5.91 Å². The van der Waals surface area contributed by atoms with Gasteiger partial charge in [0.15, 0.2) is 0 Å². The van der Waals surface area contributed by atoms with E-state index in [0.717, 1.165) is 24.8 Å². The lowest BCUT2D eigenvalue weighted by Gasteiger charge is -2.35. The summed E-state index contributed by atoms with van der Waals surface area (Å²) in [5.41, 5.74) is -0.514. The fraction of sp³-hybridized carbons (Fsp3) is 0.333. The van der Waals surface area contributed by atoms with E-state index >= 15 is 0 Å². The SMILES string of the molecule is CN(C)Cc1ccc(F)c(-c2ccc(N3CCN(C)CC3)c(NC(=O)c3c[nH]c(=O)cc3C(F)(F)F)c2)c1. The number of hydrogen-bond donors (Lipinski definition) is 2. The normalized spacial score (nSPS) is 14.7. The molecule has 0 radical (unpaired) electrons. The monoisotopic (exact) mass is 531 g/mol. The maximum Gasteiger partial charge on any atom is 0.417 e. The summed E-state index contributed by atoms with van der Waals surface area (Å²) in [7, 11) is 5.78. The highest BCUT2D eigenvalue weighted by Crippen LogP contribution is 2.35. The summed E-state index contributed by atoms with van der Waals surface area (Å²) < 4.78 is 55.7. The first-order valence-corrected chi connectivity index (χ1v) is 12.0. The van der Waals surface area contributed by atoms with Crippen LogP contribution in [0.3, 0.4) is 0 Å². The van der Waals surface area contributed by atoms with Gasteiger partial charge >= 0.3 is 6.18 Å². The third kappa shape index (κ3) is 6.22. The highest BCUT2D eigenvalue weighted by atomic mass is 19.4. The van der Waals surface area contributed by atoms with Crippen LogP contribution in [0.2, 0.25) is 0 Å². The zero-order valence-corrected chi connectivity index (χ0v) is 21.3. The number of aromatic nitrogens is 1. The van der Waals surface area contributed by atoms with Crippen LogP contribution in [0.25, 0.3) is 11.1 Å². The Balaban J connectivity index is 1.77. The standard InChI is InChI=1S/C27H29F4N5O2/c1-34(2)16-17-4-6-22(28)19(12-17)18-5-7-24(36-10-8-35(3)9-11-36)23(13-18)33-26(38)20-15-32-25(37)14-21(20)27(29,30)31/h4-7,12-15H,8-11,16H2,1-3H3,(H,32,37)(H,33,38). The molecule has 1 aromatic heterocycles. The summed E-state index contributed by atoms with van der Waals surface area (Å²) in [5.74, 6) is -1.50. The van der Waals surface area contributed by atoms with Crippen LogP contribution >= 0.6 is 0 Å². The number of halogens is 4. The number of aromatic amines is 1. The average Bonchev–Trinajstić information content (AvgIpc) is 2.85. The largest absolute Gasteiger partial charge is 0.417 e. The third-order valence-electron chi connectivity index (χ3n) is 6.40. The Morgan fingerprint density at radius 3 is 2.42 bits per heavy atom. The van der Waals surface area contributed by atoms with Crippen molar-refractivity contribution < 1.29 is 22.4 Å². The van der Waals surface area contributed by atoms with Crippen LogP contribution in [0.5, 0.6) is 0 Å². The van der Waals surface area contributed by atoms with E-state index in [1.54, 1.807) is 30.3 Å². The van der Waals surface area contributed by atoms with Crippen LogP contribution in [0, 0.1) is 5.82 Å². The average molecular weight is 532 g/mol. The van der Waals surface area contributed by atoms with Crippen molar-refractivity contribution in [2.75, 3.05) is 57.5 Å². The molecule has 0 aliphatic carbocycles. The number of likely N-dealkylation sites (N-methyl/N-ethyl adjacent to an activating group) is 1. The molecule has 0 spiro atoms. The van der Waals surface area contributed by atoms with Gasteiger partial charge in [-0.25, -0.2) is 4.39 Å². The summed E-state index contributed by atoms with van der Waals surface area (Å²) in [6, 6.07) is 10.2. The van der Waals surface area contributed by atoms with Crippen molar-refractivity contribution in [3.05, 3.63) is 81.5 Å². The zero-order chi connectivity index (χ0) is 27.6. The molecule has 0 unspecified atom stereocenters. The quantitative estimate of drug-likeness (QED) is 0.465. The second-order valence-electron chi connectivity index (χ2n) is 9.65. The van der Waals surface area contributed by atoms with Crippen molar-refractivity contribution >= 4 is 17.3 Å². The molecule has 0 saturated carbocycles. The minimum atomic E-state index is -4.90. The molecule has 0 atom stereocenters. The molecule has 1 aliphatic heterocycles. The van der Waals surface area contributed by atoms with Crippen LogP contribution < -0.4 is 15.8 Å². The number of alkyl halides is 3. The molecule has 1 amide bonds. The van der Waals surface area contributed by atoms with Gasteiger partial charge in [-0.3, -0.25) is 9.59 Å². The number of benzene rings is 2. The van der Waals surface area contributed by atoms with Gasteiger partial charge in [0, 0.05) is 50.6 Å². The third-order valence-corrected chi connectivity index (χ3v) is 6.40. The topological polar surface area (TPSA) is 71.7 Å². The van der Waals surface area contributed by atoms with Crippen LogP contribution in [0.15, 0.2) is 53.5 Å². The van der Waals surface area contributed by atoms with E-state index in [1.807, 2.05) is 30.9 Å². The maximum absolute atomic E-state index is 14.9. The summed E-state index contributed by atoms with van der Waals surface area (Å²) in [6.45, 7) is 3.38. The maximum atomic E-state index is 14.9. The number of carbonyl (C=O) groups is 1. The van der Waals surface area contributed by atoms with E-state index in [1.165, 1.54) is 6.07 Å². The molecule has 2 aromatic carbocycles.